The first-order chi connectivity index (χ1) is 11.7. The highest BCUT2D eigenvalue weighted by atomic mass is 19.1. The Morgan fingerprint density at radius 2 is 1.62 bits per heavy atom. The number of fused-ring (bicyclic) bond motifs is 1. The second kappa shape index (κ2) is 5.73. The summed E-state index contributed by atoms with van der Waals surface area (Å²) >= 11 is 0. The van der Waals surface area contributed by atoms with E-state index in [1.54, 1.807) is 40.9 Å². The summed E-state index contributed by atoms with van der Waals surface area (Å²) in [5.41, 5.74) is 2.48. The molecule has 118 valence electrons. The molecule has 2 aromatic carbocycles. The van der Waals surface area contributed by atoms with E-state index in [0.717, 1.165) is 11.3 Å². The van der Waals surface area contributed by atoms with Crippen LogP contribution in [0.2, 0.25) is 0 Å². The number of halogens is 2. The largest absolute Gasteiger partial charge is 0.320 e. The molecule has 4 rings (SSSR count). The Balaban J connectivity index is 1.77. The van der Waals surface area contributed by atoms with Crippen LogP contribution in [0.15, 0.2) is 66.7 Å². The number of anilines is 2. The van der Waals surface area contributed by atoms with Gasteiger partial charge in [0.15, 0.2) is 5.65 Å². The van der Waals surface area contributed by atoms with Gasteiger partial charge in [-0.3, -0.25) is 0 Å². The number of rotatable bonds is 3. The molecule has 0 fully saturated rings. The van der Waals surface area contributed by atoms with Crippen LogP contribution in [0.5, 0.6) is 0 Å². The first-order valence-corrected chi connectivity index (χ1v) is 7.34. The van der Waals surface area contributed by atoms with Gasteiger partial charge in [0.05, 0.1) is 11.4 Å². The minimum Gasteiger partial charge on any atom is -0.320 e. The molecule has 4 nitrogen and oxygen atoms in total. The van der Waals surface area contributed by atoms with Crippen molar-refractivity contribution >= 4 is 17.3 Å². The lowest BCUT2D eigenvalue weighted by Crippen LogP contribution is -1.97. The average Bonchev–Trinajstić information content (AvgIpc) is 3.00. The van der Waals surface area contributed by atoms with Crippen LogP contribution in [0.3, 0.4) is 0 Å². The zero-order valence-electron chi connectivity index (χ0n) is 12.4. The van der Waals surface area contributed by atoms with Crippen LogP contribution >= 0.6 is 0 Å². The molecular weight excluding hydrogens is 310 g/mol. The Hall–Kier alpha value is -3.28. The molecule has 0 unspecified atom stereocenters. The third-order valence-electron chi connectivity index (χ3n) is 3.62. The highest BCUT2D eigenvalue weighted by Crippen LogP contribution is 2.23. The van der Waals surface area contributed by atoms with Crippen LogP contribution in [0, 0.1) is 11.6 Å². The van der Waals surface area contributed by atoms with Crippen LogP contribution in [0.25, 0.3) is 16.9 Å². The van der Waals surface area contributed by atoms with Gasteiger partial charge in [0, 0.05) is 5.56 Å². The van der Waals surface area contributed by atoms with Crippen molar-refractivity contribution in [2.45, 2.75) is 0 Å². The topological polar surface area (TPSA) is 42.2 Å². The third-order valence-corrected chi connectivity index (χ3v) is 3.62. The van der Waals surface area contributed by atoms with Crippen molar-refractivity contribution in [1.29, 1.82) is 0 Å². The molecule has 0 atom stereocenters. The SMILES string of the molecule is Fc1ccc(-c2cccc3nc(Nc4ccccc4F)nn23)cc1. The second-order valence-corrected chi connectivity index (χ2v) is 5.23. The van der Waals surface area contributed by atoms with Gasteiger partial charge in [0.25, 0.3) is 0 Å². The molecule has 1 N–H and O–H groups in total. The number of nitrogens with one attached hydrogen (secondary N) is 1. The summed E-state index contributed by atoms with van der Waals surface area (Å²) in [6.07, 6.45) is 0. The summed E-state index contributed by atoms with van der Waals surface area (Å²) in [6.45, 7) is 0. The molecule has 4 aromatic rings. The van der Waals surface area contributed by atoms with E-state index in [2.05, 4.69) is 15.4 Å². The fraction of sp³-hybridized carbons (Fsp3) is 0. The lowest BCUT2D eigenvalue weighted by molar-refractivity contribution is 0.628. The third kappa shape index (κ3) is 2.58. The minimum absolute atomic E-state index is 0.287. The maximum absolute atomic E-state index is 13.8. The molecule has 0 aliphatic carbocycles. The van der Waals surface area contributed by atoms with Crippen molar-refractivity contribution in [3.63, 3.8) is 0 Å². The molecule has 0 aliphatic rings. The molecular formula is C18H12F2N4. The molecule has 0 amide bonds. The van der Waals surface area contributed by atoms with Gasteiger partial charge in [-0.05, 0) is 48.5 Å². The molecule has 0 aliphatic heterocycles. The van der Waals surface area contributed by atoms with Gasteiger partial charge in [0.1, 0.15) is 11.6 Å². The predicted octanol–water partition coefficient (Wildman–Crippen LogP) is 4.42. The maximum Gasteiger partial charge on any atom is 0.247 e. The van der Waals surface area contributed by atoms with E-state index in [9.17, 15) is 8.78 Å². The molecule has 0 radical (unpaired) electrons. The Morgan fingerprint density at radius 3 is 2.42 bits per heavy atom. The van der Waals surface area contributed by atoms with E-state index in [1.165, 1.54) is 18.2 Å². The first kappa shape index (κ1) is 14.3. The molecule has 2 aromatic heterocycles. The fourth-order valence-corrected chi connectivity index (χ4v) is 2.48. The Labute approximate surface area is 136 Å². The van der Waals surface area contributed by atoms with E-state index in [4.69, 9.17) is 0 Å². The Bertz CT molecular complexity index is 1010. The monoisotopic (exact) mass is 322 g/mol. The predicted molar refractivity (Wildman–Crippen MR) is 88.1 cm³/mol. The summed E-state index contributed by atoms with van der Waals surface area (Å²) in [4.78, 5) is 4.35. The summed E-state index contributed by atoms with van der Waals surface area (Å²) in [7, 11) is 0. The van der Waals surface area contributed by atoms with Crippen molar-refractivity contribution in [1.82, 2.24) is 14.6 Å². The molecule has 6 heteroatoms. The minimum atomic E-state index is -0.380. The Kier molecular flexibility index (Phi) is 3.42. The Morgan fingerprint density at radius 1 is 0.833 bits per heavy atom. The summed E-state index contributed by atoms with van der Waals surface area (Å²) in [5, 5.41) is 7.25. The normalized spacial score (nSPS) is 10.9. The molecule has 0 saturated heterocycles. The highest BCUT2D eigenvalue weighted by Gasteiger charge is 2.10. The highest BCUT2D eigenvalue weighted by molar-refractivity contribution is 5.64. The average molecular weight is 322 g/mol. The van der Waals surface area contributed by atoms with Crippen LogP contribution in [0.1, 0.15) is 0 Å². The van der Waals surface area contributed by atoms with Crippen molar-refractivity contribution in [2.75, 3.05) is 5.32 Å². The number of hydrogen-bond acceptors (Lipinski definition) is 3. The summed E-state index contributed by atoms with van der Waals surface area (Å²) in [6, 6.07) is 18.0. The van der Waals surface area contributed by atoms with E-state index in [0.29, 0.717) is 11.3 Å². The molecule has 0 spiro atoms. The van der Waals surface area contributed by atoms with E-state index in [1.807, 2.05) is 12.1 Å². The molecule has 24 heavy (non-hydrogen) atoms. The smallest absolute Gasteiger partial charge is 0.247 e. The second-order valence-electron chi connectivity index (χ2n) is 5.23. The van der Waals surface area contributed by atoms with Crippen molar-refractivity contribution in [3.8, 4) is 11.3 Å². The quantitative estimate of drug-likeness (QED) is 0.607. The maximum atomic E-state index is 13.8. The van der Waals surface area contributed by atoms with E-state index >= 15 is 0 Å². The standard InChI is InChI=1S/C18H12F2N4/c19-13-10-8-12(9-11-13)16-6-3-7-17-22-18(23-24(16)17)21-15-5-2-1-4-14(15)20/h1-11H,(H,21,23). The van der Waals surface area contributed by atoms with Gasteiger partial charge in [-0.25, -0.2) is 13.3 Å². The van der Waals surface area contributed by atoms with Gasteiger partial charge < -0.3 is 5.32 Å². The van der Waals surface area contributed by atoms with Gasteiger partial charge in [-0.2, -0.15) is 4.98 Å². The lowest BCUT2D eigenvalue weighted by Gasteiger charge is -2.04. The van der Waals surface area contributed by atoms with E-state index < -0.39 is 0 Å². The lowest BCUT2D eigenvalue weighted by atomic mass is 10.1. The van der Waals surface area contributed by atoms with Crippen LogP contribution in [-0.4, -0.2) is 14.6 Å². The number of hydrogen-bond donors (Lipinski definition) is 1. The zero-order chi connectivity index (χ0) is 16.5. The summed E-state index contributed by atoms with van der Waals surface area (Å²) < 4.78 is 28.5. The van der Waals surface area contributed by atoms with Crippen LogP contribution in [0.4, 0.5) is 20.4 Å². The fourth-order valence-electron chi connectivity index (χ4n) is 2.48. The van der Waals surface area contributed by atoms with Crippen molar-refractivity contribution in [2.24, 2.45) is 0 Å². The van der Waals surface area contributed by atoms with Crippen molar-refractivity contribution < 1.29 is 8.78 Å². The van der Waals surface area contributed by atoms with Gasteiger partial charge in [-0.15, -0.1) is 5.10 Å². The molecule has 0 bridgehead atoms. The molecule has 0 saturated carbocycles. The van der Waals surface area contributed by atoms with Gasteiger partial charge in [0.2, 0.25) is 5.95 Å². The van der Waals surface area contributed by atoms with E-state index in [-0.39, 0.29) is 17.6 Å². The van der Waals surface area contributed by atoms with Gasteiger partial charge >= 0.3 is 0 Å². The van der Waals surface area contributed by atoms with Crippen molar-refractivity contribution in [3.05, 3.63) is 78.4 Å². The number of aromatic nitrogens is 3. The number of benzene rings is 2. The van der Waals surface area contributed by atoms with Crippen LogP contribution < -0.4 is 5.32 Å². The summed E-state index contributed by atoms with van der Waals surface area (Å²) in [5.74, 6) is -0.392. The van der Waals surface area contributed by atoms with Crippen LogP contribution in [-0.2, 0) is 0 Å². The zero-order valence-corrected chi connectivity index (χ0v) is 12.4. The number of pyridine rings is 1. The number of para-hydroxylation sites is 1. The molecule has 2 heterocycles. The first-order valence-electron chi connectivity index (χ1n) is 7.34. The van der Waals surface area contributed by atoms with Gasteiger partial charge in [-0.1, -0.05) is 18.2 Å². The number of nitrogens with zero attached hydrogens (tertiary/aromatic N) is 3.